The van der Waals surface area contributed by atoms with E-state index >= 15 is 0 Å². The number of hydrogen-bond donors (Lipinski definition) is 2. The first-order valence-electron chi connectivity index (χ1n) is 5.07. The number of amides is 1. The summed E-state index contributed by atoms with van der Waals surface area (Å²) in [4.78, 5) is 23.1. The van der Waals surface area contributed by atoms with E-state index in [1.165, 1.54) is 24.5 Å². The van der Waals surface area contributed by atoms with Gasteiger partial charge in [0, 0.05) is 0 Å². The summed E-state index contributed by atoms with van der Waals surface area (Å²) in [5.41, 5.74) is 0.228. The Morgan fingerprint density at radius 2 is 2.05 bits per heavy atom. The van der Waals surface area contributed by atoms with Gasteiger partial charge in [-0.15, -0.1) is 0 Å². The van der Waals surface area contributed by atoms with Gasteiger partial charge >= 0.3 is 5.97 Å². The van der Waals surface area contributed by atoms with Gasteiger partial charge in [0.05, 0.1) is 22.5 Å². The quantitative estimate of drug-likeness (QED) is 0.891. The first kappa shape index (κ1) is 13.6. The Morgan fingerprint density at radius 3 is 2.63 bits per heavy atom. The molecule has 1 aromatic heterocycles. The summed E-state index contributed by atoms with van der Waals surface area (Å²) in [5, 5.41) is 11.6. The molecule has 2 rings (SSSR count). The third-order valence-corrected chi connectivity index (χ3v) is 3.27. The summed E-state index contributed by atoms with van der Waals surface area (Å²) < 4.78 is 5.21. The van der Waals surface area contributed by atoms with Crippen LogP contribution in [0.15, 0.2) is 39.6 Å². The number of carboxylic acid groups (broad SMARTS) is 1. The largest absolute Gasteiger partial charge is 0.478 e. The summed E-state index contributed by atoms with van der Waals surface area (Å²) >= 11 is 8.88. The molecule has 2 aromatic rings. The Hall–Kier alpha value is -1.79. The van der Waals surface area contributed by atoms with Crippen molar-refractivity contribution in [3.05, 3.63) is 51.3 Å². The number of benzene rings is 1. The molecule has 0 aliphatic carbocycles. The molecule has 1 aromatic carbocycles. The second kappa shape index (κ2) is 5.46. The summed E-state index contributed by atoms with van der Waals surface area (Å²) in [7, 11) is 0. The molecule has 1 amide bonds. The van der Waals surface area contributed by atoms with Crippen LogP contribution in [0.5, 0.6) is 0 Å². The predicted octanol–water partition coefficient (Wildman–Crippen LogP) is 3.65. The molecule has 0 saturated heterocycles. The van der Waals surface area contributed by atoms with E-state index in [4.69, 9.17) is 21.1 Å². The van der Waals surface area contributed by atoms with E-state index in [-0.39, 0.29) is 26.5 Å². The Labute approximate surface area is 121 Å². The van der Waals surface area contributed by atoms with Crippen molar-refractivity contribution in [2.75, 3.05) is 5.32 Å². The Morgan fingerprint density at radius 1 is 1.32 bits per heavy atom. The minimum Gasteiger partial charge on any atom is -0.478 e. The van der Waals surface area contributed by atoms with Gasteiger partial charge in [-0.1, -0.05) is 17.7 Å². The molecular formula is C12H7BrClNO4. The van der Waals surface area contributed by atoms with E-state index in [0.29, 0.717) is 0 Å². The molecule has 0 bridgehead atoms. The number of rotatable bonds is 3. The highest BCUT2D eigenvalue weighted by molar-refractivity contribution is 9.10. The van der Waals surface area contributed by atoms with Crippen LogP contribution in [0.2, 0.25) is 5.02 Å². The van der Waals surface area contributed by atoms with Crippen LogP contribution in [0.3, 0.4) is 0 Å². The zero-order chi connectivity index (χ0) is 14.0. The fourth-order valence-corrected chi connectivity index (χ4v) is 2.17. The molecule has 0 aliphatic heterocycles. The van der Waals surface area contributed by atoms with Crippen molar-refractivity contribution in [3.8, 4) is 0 Å². The van der Waals surface area contributed by atoms with E-state index in [2.05, 4.69) is 21.2 Å². The highest BCUT2D eigenvalue weighted by atomic mass is 79.9. The van der Waals surface area contributed by atoms with Crippen LogP contribution >= 0.6 is 27.5 Å². The smallest absolute Gasteiger partial charge is 0.339 e. The molecule has 0 spiro atoms. The van der Waals surface area contributed by atoms with Gasteiger partial charge in [0.1, 0.15) is 5.56 Å². The number of carbonyl (C=O) groups is 2. The maximum atomic E-state index is 11.9. The van der Waals surface area contributed by atoms with E-state index in [1.807, 2.05) is 0 Å². The Kier molecular flexibility index (Phi) is 3.92. The minimum absolute atomic E-state index is 0.0524. The SMILES string of the molecule is O=C(Nc1cccc(Cl)c1C(=O)O)c1ccoc1Br. The predicted molar refractivity (Wildman–Crippen MR) is 72.8 cm³/mol. The molecule has 0 saturated carbocycles. The van der Waals surface area contributed by atoms with E-state index in [9.17, 15) is 9.59 Å². The normalized spacial score (nSPS) is 10.2. The first-order valence-corrected chi connectivity index (χ1v) is 6.24. The minimum atomic E-state index is -1.22. The van der Waals surface area contributed by atoms with Gasteiger partial charge in [-0.25, -0.2) is 4.79 Å². The van der Waals surface area contributed by atoms with Gasteiger partial charge in [-0.3, -0.25) is 4.79 Å². The molecular weight excluding hydrogens is 337 g/mol. The number of hydrogen-bond acceptors (Lipinski definition) is 3. The molecule has 1 heterocycles. The lowest BCUT2D eigenvalue weighted by Crippen LogP contribution is -2.14. The van der Waals surface area contributed by atoms with Crippen LogP contribution in [-0.2, 0) is 0 Å². The van der Waals surface area contributed by atoms with Crippen molar-refractivity contribution in [1.82, 2.24) is 0 Å². The summed E-state index contributed by atoms with van der Waals surface area (Å²) in [6.45, 7) is 0. The number of carbonyl (C=O) groups excluding carboxylic acids is 1. The summed E-state index contributed by atoms with van der Waals surface area (Å²) in [6.07, 6.45) is 1.34. The summed E-state index contributed by atoms with van der Waals surface area (Å²) in [5.74, 6) is -1.71. The average Bonchev–Trinajstić information content (AvgIpc) is 2.75. The van der Waals surface area contributed by atoms with Gasteiger partial charge in [0.2, 0.25) is 0 Å². The van der Waals surface area contributed by atoms with Gasteiger partial charge in [-0.2, -0.15) is 0 Å². The van der Waals surface area contributed by atoms with E-state index < -0.39 is 11.9 Å². The first-order chi connectivity index (χ1) is 9.00. The van der Waals surface area contributed by atoms with Crippen LogP contribution in [0.25, 0.3) is 0 Å². The van der Waals surface area contributed by atoms with Crippen LogP contribution in [-0.4, -0.2) is 17.0 Å². The van der Waals surface area contributed by atoms with E-state index in [1.54, 1.807) is 6.07 Å². The van der Waals surface area contributed by atoms with Crippen LogP contribution < -0.4 is 5.32 Å². The molecule has 19 heavy (non-hydrogen) atoms. The number of aromatic carboxylic acids is 1. The second-order valence-corrected chi connectivity index (χ2v) is 4.66. The van der Waals surface area contributed by atoms with Gasteiger partial charge in [0.15, 0.2) is 4.67 Å². The number of furan rings is 1. The molecule has 0 aliphatic rings. The molecule has 98 valence electrons. The standard InChI is InChI=1S/C12H7BrClNO4/c13-10-6(4-5-19-10)11(16)15-8-3-1-2-7(14)9(8)12(17)18/h1-5H,(H,15,16)(H,17,18). The zero-order valence-corrected chi connectivity index (χ0v) is 11.7. The number of anilines is 1. The average molecular weight is 345 g/mol. The van der Waals surface area contributed by atoms with Crippen molar-refractivity contribution in [3.63, 3.8) is 0 Å². The highest BCUT2D eigenvalue weighted by Crippen LogP contribution is 2.26. The van der Waals surface area contributed by atoms with Crippen molar-refractivity contribution in [1.29, 1.82) is 0 Å². The second-order valence-electron chi connectivity index (χ2n) is 3.53. The van der Waals surface area contributed by atoms with Gasteiger partial charge in [0.25, 0.3) is 5.91 Å². The van der Waals surface area contributed by atoms with Gasteiger partial charge in [-0.05, 0) is 34.1 Å². The topological polar surface area (TPSA) is 79.5 Å². The fourth-order valence-electron chi connectivity index (χ4n) is 1.49. The van der Waals surface area contributed by atoms with E-state index in [0.717, 1.165) is 0 Å². The van der Waals surface area contributed by atoms with Crippen LogP contribution in [0, 0.1) is 0 Å². The lowest BCUT2D eigenvalue weighted by Gasteiger charge is -2.08. The van der Waals surface area contributed by atoms with Crippen molar-refractivity contribution in [2.24, 2.45) is 0 Å². The Balaban J connectivity index is 2.35. The third kappa shape index (κ3) is 2.80. The lowest BCUT2D eigenvalue weighted by atomic mass is 10.1. The monoisotopic (exact) mass is 343 g/mol. The van der Waals surface area contributed by atoms with Crippen molar-refractivity contribution in [2.45, 2.75) is 0 Å². The maximum absolute atomic E-state index is 11.9. The van der Waals surface area contributed by atoms with Crippen molar-refractivity contribution >= 4 is 45.1 Å². The van der Waals surface area contributed by atoms with Crippen molar-refractivity contribution < 1.29 is 19.1 Å². The molecule has 2 N–H and O–H groups in total. The molecule has 0 unspecified atom stereocenters. The number of nitrogens with one attached hydrogen (secondary N) is 1. The molecule has 0 fully saturated rings. The van der Waals surface area contributed by atoms with Crippen LogP contribution in [0.1, 0.15) is 20.7 Å². The number of carboxylic acids is 1. The molecule has 0 atom stereocenters. The third-order valence-electron chi connectivity index (χ3n) is 2.34. The van der Waals surface area contributed by atoms with Crippen LogP contribution in [0.4, 0.5) is 5.69 Å². The highest BCUT2D eigenvalue weighted by Gasteiger charge is 2.18. The van der Waals surface area contributed by atoms with Gasteiger partial charge < -0.3 is 14.8 Å². The number of halogens is 2. The maximum Gasteiger partial charge on any atom is 0.339 e. The molecule has 7 heteroatoms. The zero-order valence-electron chi connectivity index (χ0n) is 9.31. The Bertz CT molecular complexity index is 653. The fraction of sp³-hybridized carbons (Fsp3) is 0. The molecule has 5 nitrogen and oxygen atoms in total. The lowest BCUT2D eigenvalue weighted by molar-refractivity contribution is 0.0698. The molecule has 0 radical (unpaired) electrons. The summed E-state index contributed by atoms with van der Waals surface area (Å²) in [6, 6.07) is 5.91.